The molecule has 6 heteroatoms. The van der Waals surface area contributed by atoms with Crippen molar-refractivity contribution in [3.8, 4) is 0 Å². The predicted molar refractivity (Wildman–Crippen MR) is 103 cm³/mol. The molecule has 1 atom stereocenters. The van der Waals surface area contributed by atoms with Crippen molar-refractivity contribution >= 4 is 17.7 Å². The number of amides is 1. The number of rotatable bonds is 3. The van der Waals surface area contributed by atoms with Crippen LogP contribution >= 0.6 is 0 Å². The second-order valence-electron chi connectivity index (χ2n) is 8.43. The number of aromatic nitrogens is 2. The lowest BCUT2D eigenvalue weighted by molar-refractivity contribution is -0.140. The van der Waals surface area contributed by atoms with Crippen molar-refractivity contribution in [3.05, 3.63) is 11.8 Å². The number of piperidine rings is 2. The molecule has 3 fully saturated rings. The van der Waals surface area contributed by atoms with Crippen molar-refractivity contribution in [1.29, 1.82) is 0 Å². The van der Waals surface area contributed by atoms with Crippen LogP contribution in [0.2, 0.25) is 0 Å². The molecule has 1 aliphatic carbocycles. The van der Waals surface area contributed by atoms with Gasteiger partial charge in [0.15, 0.2) is 0 Å². The van der Waals surface area contributed by atoms with E-state index in [1.807, 2.05) is 20.0 Å². The number of likely N-dealkylation sites (tertiary alicyclic amines) is 1. The summed E-state index contributed by atoms with van der Waals surface area (Å²) in [5, 5.41) is 3.14. The SMILES string of the molecule is CNc1cc(C)nc(N2CCC[C@]3(CCC(=O)N(C4CCCC4)C3)C2)n1. The molecule has 1 spiro atoms. The first kappa shape index (κ1) is 17.6. The first-order valence-corrected chi connectivity index (χ1v) is 10.2. The number of carbonyl (C=O) groups excluding carboxylic acids is 1. The van der Waals surface area contributed by atoms with Crippen molar-refractivity contribution in [2.24, 2.45) is 5.41 Å². The number of carbonyl (C=O) groups is 1. The van der Waals surface area contributed by atoms with Gasteiger partial charge in [0, 0.05) is 56.3 Å². The van der Waals surface area contributed by atoms with Gasteiger partial charge in [0.1, 0.15) is 5.82 Å². The zero-order chi connectivity index (χ0) is 18.1. The van der Waals surface area contributed by atoms with Gasteiger partial charge in [-0.1, -0.05) is 12.8 Å². The maximum Gasteiger partial charge on any atom is 0.227 e. The Hall–Kier alpha value is -1.85. The molecule has 4 rings (SSSR count). The molecule has 0 aromatic carbocycles. The number of hydrogen-bond acceptors (Lipinski definition) is 5. The Kier molecular flexibility index (Phi) is 4.76. The Bertz CT molecular complexity index is 672. The Balaban J connectivity index is 1.54. The van der Waals surface area contributed by atoms with Crippen molar-refractivity contribution in [1.82, 2.24) is 14.9 Å². The van der Waals surface area contributed by atoms with Gasteiger partial charge >= 0.3 is 0 Å². The standard InChI is InChI=1S/C20H31N5O/c1-15-12-17(21-2)23-19(22-15)24-11-5-9-20(13-24)10-8-18(26)25(14-20)16-6-3-4-7-16/h12,16H,3-11,13-14H2,1-2H3,(H,21,22,23)/t20-/m0/s1. The van der Waals surface area contributed by atoms with Crippen LogP contribution < -0.4 is 10.2 Å². The average molecular weight is 358 g/mol. The summed E-state index contributed by atoms with van der Waals surface area (Å²) < 4.78 is 0. The normalized spacial score (nSPS) is 27.4. The monoisotopic (exact) mass is 357 g/mol. The molecule has 142 valence electrons. The van der Waals surface area contributed by atoms with E-state index in [1.165, 1.54) is 32.1 Å². The summed E-state index contributed by atoms with van der Waals surface area (Å²) >= 11 is 0. The molecule has 2 saturated heterocycles. The van der Waals surface area contributed by atoms with Crippen molar-refractivity contribution in [2.75, 3.05) is 36.9 Å². The van der Waals surface area contributed by atoms with Crippen LogP contribution in [-0.2, 0) is 4.79 Å². The summed E-state index contributed by atoms with van der Waals surface area (Å²) in [4.78, 5) is 26.5. The molecule has 3 heterocycles. The highest BCUT2D eigenvalue weighted by Crippen LogP contribution is 2.41. The zero-order valence-corrected chi connectivity index (χ0v) is 16.1. The summed E-state index contributed by atoms with van der Waals surface area (Å²) in [6, 6.07) is 2.46. The molecule has 1 aromatic rings. The van der Waals surface area contributed by atoms with Gasteiger partial charge in [-0.3, -0.25) is 4.79 Å². The summed E-state index contributed by atoms with van der Waals surface area (Å²) in [7, 11) is 1.90. The van der Waals surface area contributed by atoms with Crippen LogP contribution in [-0.4, -0.2) is 53.5 Å². The smallest absolute Gasteiger partial charge is 0.227 e. The molecular weight excluding hydrogens is 326 g/mol. The van der Waals surface area contributed by atoms with Gasteiger partial charge in [-0.25, -0.2) is 4.98 Å². The van der Waals surface area contributed by atoms with Gasteiger partial charge in [-0.05, 0) is 39.0 Å². The lowest BCUT2D eigenvalue weighted by atomic mass is 9.73. The molecule has 1 N–H and O–H groups in total. The average Bonchev–Trinajstić information content (AvgIpc) is 3.18. The molecule has 2 aliphatic heterocycles. The first-order chi connectivity index (χ1) is 12.6. The molecule has 0 bridgehead atoms. The molecule has 0 radical (unpaired) electrons. The van der Waals surface area contributed by atoms with Crippen molar-refractivity contribution < 1.29 is 4.79 Å². The number of hydrogen-bond donors (Lipinski definition) is 1. The van der Waals surface area contributed by atoms with Crippen molar-refractivity contribution in [3.63, 3.8) is 0 Å². The van der Waals surface area contributed by atoms with E-state index in [1.54, 1.807) is 0 Å². The first-order valence-electron chi connectivity index (χ1n) is 10.2. The fraction of sp³-hybridized carbons (Fsp3) is 0.750. The van der Waals surface area contributed by atoms with Crippen LogP contribution in [0.5, 0.6) is 0 Å². The second-order valence-corrected chi connectivity index (χ2v) is 8.43. The van der Waals surface area contributed by atoms with E-state index in [0.29, 0.717) is 18.4 Å². The van der Waals surface area contributed by atoms with Crippen LogP contribution in [0.1, 0.15) is 57.1 Å². The Labute approximate surface area is 156 Å². The van der Waals surface area contributed by atoms with Gasteiger partial charge in [-0.2, -0.15) is 4.98 Å². The van der Waals surface area contributed by atoms with Crippen LogP contribution in [0.15, 0.2) is 6.07 Å². The predicted octanol–water partition coefficient (Wildman–Crippen LogP) is 2.98. The second kappa shape index (κ2) is 7.05. The van der Waals surface area contributed by atoms with Crippen LogP contribution in [0, 0.1) is 12.3 Å². The summed E-state index contributed by atoms with van der Waals surface area (Å²) in [6.07, 6.45) is 9.02. The number of nitrogens with one attached hydrogen (secondary N) is 1. The largest absolute Gasteiger partial charge is 0.373 e. The Morgan fingerprint density at radius 2 is 1.96 bits per heavy atom. The van der Waals surface area contributed by atoms with E-state index >= 15 is 0 Å². The van der Waals surface area contributed by atoms with E-state index < -0.39 is 0 Å². The number of aryl methyl sites for hydroxylation is 1. The fourth-order valence-electron chi connectivity index (χ4n) is 5.13. The molecular formula is C20H31N5O. The number of nitrogens with zero attached hydrogens (tertiary/aromatic N) is 4. The van der Waals surface area contributed by atoms with Crippen LogP contribution in [0.4, 0.5) is 11.8 Å². The minimum absolute atomic E-state index is 0.210. The molecule has 1 aromatic heterocycles. The molecule has 3 aliphatic rings. The Morgan fingerprint density at radius 1 is 1.15 bits per heavy atom. The van der Waals surface area contributed by atoms with Crippen LogP contribution in [0.25, 0.3) is 0 Å². The molecule has 6 nitrogen and oxygen atoms in total. The maximum atomic E-state index is 12.6. The highest BCUT2D eigenvalue weighted by Gasteiger charge is 2.44. The number of anilines is 2. The van der Waals surface area contributed by atoms with E-state index in [2.05, 4.69) is 25.1 Å². The minimum atomic E-state index is 0.210. The molecule has 1 amide bonds. The van der Waals surface area contributed by atoms with E-state index in [9.17, 15) is 4.79 Å². The molecule has 1 saturated carbocycles. The quantitative estimate of drug-likeness (QED) is 0.901. The van der Waals surface area contributed by atoms with Gasteiger partial charge in [0.25, 0.3) is 0 Å². The highest BCUT2D eigenvalue weighted by molar-refractivity contribution is 5.77. The van der Waals surface area contributed by atoms with E-state index in [4.69, 9.17) is 0 Å². The summed E-state index contributed by atoms with van der Waals surface area (Å²) in [6.45, 7) is 4.92. The maximum absolute atomic E-state index is 12.6. The minimum Gasteiger partial charge on any atom is -0.373 e. The lowest BCUT2D eigenvalue weighted by Gasteiger charge is -2.49. The summed E-state index contributed by atoms with van der Waals surface area (Å²) in [5.74, 6) is 2.08. The van der Waals surface area contributed by atoms with Gasteiger partial charge in [0.05, 0.1) is 0 Å². The van der Waals surface area contributed by atoms with E-state index in [0.717, 1.165) is 49.9 Å². The Morgan fingerprint density at radius 3 is 2.73 bits per heavy atom. The fourth-order valence-corrected chi connectivity index (χ4v) is 5.13. The summed E-state index contributed by atoms with van der Waals surface area (Å²) in [5.41, 5.74) is 1.20. The van der Waals surface area contributed by atoms with Crippen molar-refractivity contribution in [2.45, 2.75) is 64.3 Å². The van der Waals surface area contributed by atoms with Gasteiger partial charge in [0.2, 0.25) is 11.9 Å². The molecule has 0 unspecified atom stereocenters. The topological polar surface area (TPSA) is 61.4 Å². The third kappa shape index (κ3) is 3.38. The lowest BCUT2D eigenvalue weighted by Crippen LogP contribution is -2.56. The van der Waals surface area contributed by atoms with Crippen LogP contribution in [0.3, 0.4) is 0 Å². The molecule has 26 heavy (non-hydrogen) atoms. The van der Waals surface area contributed by atoms with E-state index in [-0.39, 0.29) is 5.41 Å². The highest BCUT2D eigenvalue weighted by atomic mass is 16.2. The van der Waals surface area contributed by atoms with Gasteiger partial charge in [-0.15, -0.1) is 0 Å². The third-order valence-electron chi connectivity index (χ3n) is 6.50. The van der Waals surface area contributed by atoms with Gasteiger partial charge < -0.3 is 15.1 Å². The third-order valence-corrected chi connectivity index (χ3v) is 6.50. The zero-order valence-electron chi connectivity index (χ0n) is 16.1.